The molecule has 0 aliphatic heterocycles. The van der Waals surface area contributed by atoms with Gasteiger partial charge in [-0.1, -0.05) is 87.2 Å². The Bertz CT molecular complexity index is 373. The van der Waals surface area contributed by atoms with Gasteiger partial charge in [0.25, 0.3) is 0 Å². The van der Waals surface area contributed by atoms with Crippen LogP contribution in [0.25, 0.3) is 0 Å². The lowest BCUT2D eigenvalue weighted by Gasteiger charge is -2.12. The average Bonchev–Trinajstić information content (AvgIpc) is 2.45. The molecule has 0 aromatic heterocycles. The van der Waals surface area contributed by atoms with E-state index >= 15 is 0 Å². The zero-order valence-corrected chi connectivity index (χ0v) is 15.8. The molecule has 0 bridgehead atoms. The minimum atomic E-state index is -1.02. The number of hydrogen-bond donors (Lipinski definition) is 0. The standard InChI is InChI=1S/C17H25BrCl2O/c1-2-3-4-5-6-7-8-9-14-21-16-12-10-15(11-13-16)17(18,19)20/h10-13H,2-9,14H2,1H3. The molecule has 0 atom stereocenters. The van der Waals surface area contributed by atoms with Crippen molar-refractivity contribution in [1.29, 1.82) is 0 Å². The molecule has 0 unspecified atom stereocenters. The van der Waals surface area contributed by atoms with Gasteiger partial charge in [-0.25, -0.2) is 0 Å². The van der Waals surface area contributed by atoms with E-state index in [2.05, 4.69) is 22.9 Å². The Hall–Kier alpha value is 0.0800. The third-order valence-electron chi connectivity index (χ3n) is 3.45. The van der Waals surface area contributed by atoms with Crippen LogP contribution in [0.5, 0.6) is 5.75 Å². The van der Waals surface area contributed by atoms with Crippen LogP contribution in [0.15, 0.2) is 24.3 Å². The van der Waals surface area contributed by atoms with Gasteiger partial charge in [-0.2, -0.15) is 0 Å². The molecule has 120 valence electrons. The molecule has 0 heterocycles. The minimum absolute atomic E-state index is 0.773. The highest BCUT2D eigenvalue weighted by atomic mass is 79.9. The first-order valence-electron chi connectivity index (χ1n) is 7.84. The normalized spacial score (nSPS) is 11.6. The largest absolute Gasteiger partial charge is 0.494 e. The molecule has 0 N–H and O–H groups in total. The second-order valence-corrected chi connectivity index (χ2v) is 8.78. The first kappa shape index (κ1) is 19.1. The Labute approximate surface area is 147 Å². The topological polar surface area (TPSA) is 9.23 Å². The lowest BCUT2D eigenvalue weighted by Crippen LogP contribution is -2.00. The lowest BCUT2D eigenvalue weighted by molar-refractivity contribution is 0.304. The molecule has 4 heteroatoms. The monoisotopic (exact) mass is 394 g/mol. The van der Waals surface area contributed by atoms with Crippen LogP contribution in [0.3, 0.4) is 0 Å². The first-order valence-corrected chi connectivity index (χ1v) is 9.39. The van der Waals surface area contributed by atoms with Crippen LogP contribution in [-0.2, 0) is 3.24 Å². The van der Waals surface area contributed by atoms with Crippen molar-refractivity contribution < 1.29 is 4.74 Å². The number of ether oxygens (including phenoxy) is 1. The predicted octanol–water partition coefficient (Wildman–Crippen LogP) is 7.19. The number of halogens is 3. The molecule has 0 saturated heterocycles. The maximum Gasteiger partial charge on any atom is 0.197 e. The Morgan fingerprint density at radius 1 is 0.905 bits per heavy atom. The smallest absolute Gasteiger partial charge is 0.197 e. The molecular formula is C17H25BrCl2O. The van der Waals surface area contributed by atoms with Crippen LogP contribution in [0.2, 0.25) is 0 Å². The van der Waals surface area contributed by atoms with E-state index in [0.717, 1.165) is 24.3 Å². The molecule has 1 aromatic rings. The van der Waals surface area contributed by atoms with Gasteiger partial charge in [0.2, 0.25) is 0 Å². The maximum atomic E-state index is 5.96. The van der Waals surface area contributed by atoms with Crippen molar-refractivity contribution >= 4 is 39.1 Å². The molecule has 0 spiro atoms. The molecule has 0 fully saturated rings. The summed E-state index contributed by atoms with van der Waals surface area (Å²) in [5, 5.41) is 0. The van der Waals surface area contributed by atoms with E-state index in [0.29, 0.717) is 0 Å². The Morgan fingerprint density at radius 3 is 1.95 bits per heavy atom. The predicted molar refractivity (Wildman–Crippen MR) is 96.9 cm³/mol. The quantitative estimate of drug-likeness (QED) is 0.284. The van der Waals surface area contributed by atoms with Crippen molar-refractivity contribution in [1.82, 2.24) is 0 Å². The number of unbranched alkanes of at least 4 members (excludes halogenated alkanes) is 7. The van der Waals surface area contributed by atoms with E-state index in [1.165, 1.54) is 44.9 Å². The van der Waals surface area contributed by atoms with Crippen LogP contribution in [0, 0.1) is 0 Å². The van der Waals surface area contributed by atoms with Gasteiger partial charge in [0, 0.05) is 0 Å². The molecule has 0 amide bonds. The second kappa shape index (κ2) is 10.7. The number of rotatable bonds is 11. The third kappa shape index (κ3) is 8.95. The zero-order valence-electron chi connectivity index (χ0n) is 12.7. The summed E-state index contributed by atoms with van der Waals surface area (Å²) in [5.41, 5.74) is 0.810. The molecule has 1 aromatic carbocycles. The molecule has 1 rings (SSSR count). The summed E-state index contributed by atoms with van der Waals surface area (Å²) in [4.78, 5) is 0. The first-order chi connectivity index (χ1) is 10.0. The summed E-state index contributed by atoms with van der Waals surface area (Å²) in [6.07, 6.45) is 10.5. The van der Waals surface area contributed by atoms with Crippen LogP contribution < -0.4 is 4.74 Å². The lowest BCUT2D eigenvalue weighted by atomic mass is 10.1. The highest BCUT2D eigenvalue weighted by Gasteiger charge is 2.21. The van der Waals surface area contributed by atoms with E-state index in [4.69, 9.17) is 27.9 Å². The van der Waals surface area contributed by atoms with E-state index in [-0.39, 0.29) is 0 Å². The van der Waals surface area contributed by atoms with E-state index in [1.54, 1.807) is 0 Å². The average molecular weight is 396 g/mol. The third-order valence-corrected chi connectivity index (χ3v) is 4.34. The van der Waals surface area contributed by atoms with Crippen LogP contribution in [0.4, 0.5) is 0 Å². The summed E-state index contributed by atoms with van der Waals surface area (Å²) in [7, 11) is 0. The maximum absolute atomic E-state index is 5.96. The van der Waals surface area contributed by atoms with Gasteiger partial charge in [0.05, 0.1) is 6.61 Å². The molecule has 21 heavy (non-hydrogen) atoms. The Balaban J connectivity index is 2.08. The van der Waals surface area contributed by atoms with Crippen molar-refractivity contribution in [2.45, 2.75) is 61.5 Å². The van der Waals surface area contributed by atoms with Crippen molar-refractivity contribution in [2.24, 2.45) is 0 Å². The SMILES string of the molecule is CCCCCCCCCCOc1ccc(C(Cl)(Cl)Br)cc1. The summed E-state index contributed by atoms with van der Waals surface area (Å²) in [6, 6.07) is 7.55. The zero-order chi connectivity index (χ0) is 15.6. The Morgan fingerprint density at radius 2 is 1.43 bits per heavy atom. The van der Waals surface area contributed by atoms with Crippen molar-refractivity contribution in [2.75, 3.05) is 6.61 Å². The van der Waals surface area contributed by atoms with E-state index < -0.39 is 3.24 Å². The fraction of sp³-hybridized carbons (Fsp3) is 0.647. The van der Waals surface area contributed by atoms with Gasteiger partial charge in [0.15, 0.2) is 3.24 Å². The van der Waals surface area contributed by atoms with Crippen molar-refractivity contribution in [3.63, 3.8) is 0 Å². The van der Waals surface area contributed by atoms with Gasteiger partial charge in [0.1, 0.15) is 5.75 Å². The van der Waals surface area contributed by atoms with Gasteiger partial charge < -0.3 is 4.74 Å². The van der Waals surface area contributed by atoms with Crippen LogP contribution >= 0.6 is 39.1 Å². The van der Waals surface area contributed by atoms with Crippen LogP contribution in [-0.4, -0.2) is 6.61 Å². The van der Waals surface area contributed by atoms with Crippen molar-refractivity contribution in [3.05, 3.63) is 29.8 Å². The summed E-state index contributed by atoms with van der Waals surface area (Å²) in [6.45, 7) is 3.03. The van der Waals surface area contributed by atoms with Gasteiger partial charge in [-0.15, -0.1) is 0 Å². The van der Waals surface area contributed by atoms with Gasteiger partial charge in [-0.05, 0) is 40.0 Å². The number of alkyl halides is 3. The Kier molecular flexibility index (Phi) is 9.79. The molecular weight excluding hydrogens is 371 g/mol. The summed E-state index contributed by atoms with van der Waals surface area (Å²) < 4.78 is 4.69. The molecule has 0 aliphatic rings. The molecule has 0 saturated carbocycles. The number of benzene rings is 1. The highest BCUT2D eigenvalue weighted by molar-refractivity contribution is 9.10. The summed E-state index contributed by atoms with van der Waals surface area (Å²) >= 11 is 15.1. The minimum Gasteiger partial charge on any atom is -0.494 e. The number of hydrogen-bond acceptors (Lipinski definition) is 1. The molecule has 0 radical (unpaired) electrons. The molecule has 1 nitrogen and oxygen atoms in total. The fourth-order valence-electron chi connectivity index (χ4n) is 2.17. The van der Waals surface area contributed by atoms with Gasteiger partial charge in [-0.3, -0.25) is 0 Å². The fourth-order valence-corrected chi connectivity index (χ4v) is 2.68. The van der Waals surface area contributed by atoms with Crippen LogP contribution in [0.1, 0.15) is 63.9 Å². The van der Waals surface area contributed by atoms with E-state index in [1.807, 2.05) is 24.3 Å². The van der Waals surface area contributed by atoms with Crippen molar-refractivity contribution in [3.8, 4) is 5.75 Å². The summed E-state index contributed by atoms with van der Waals surface area (Å²) in [5.74, 6) is 0.867. The van der Waals surface area contributed by atoms with Gasteiger partial charge >= 0.3 is 0 Å². The highest BCUT2D eigenvalue weighted by Crippen LogP contribution is 2.40. The van der Waals surface area contributed by atoms with E-state index in [9.17, 15) is 0 Å². The molecule has 0 aliphatic carbocycles. The second-order valence-electron chi connectivity index (χ2n) is 5.35.